The highest BCUT2D eigenvalue weighted by Crippen LogP contribution is 1.76. The summed E-state index contributed by atoms with van der Waals surface area (Å²) in [6, 6.07) is 0. The van der Waals surface area contributed by atoms with Gasteiger partial charge in [-0.2, -0.15) is 0 Å². The molecule has 0 rings (SSSR count). The molecule has 9 heavy (non-hydrogen) atoms. The Morgan fingerprint density at radius 3 is 2.67 bits per heavy atom. The molecule has 0 atom stereocenters. The standard InChI is InChI=1S/C5H10N2O.ClH/c1-2-3-4-5(8)7-6;/h3-4H,2,6H2,1H3,(H,7,8);1H/b4-3+;. The van der Waals surface area contributed by atoms with E-state index in [0.29, 0.717) is 0 Å². The van der Waals surface area contributed by atoms with Gasteiger partial charge in [0.05, 0.1) is 0 Å². The minimum Gasteiger partial charge on any atom is -0.291 e. The van der Waals surface area contributed by atoms with E-state index in [1.54, 1.807) is 6.08 Å². The van der Waals surface area contributed by atoms with Crippen molar-refractivity contribution in [3.8, 4) is 0 Å². The number of nitrogens with two attached hydrogens (primary N) is 1. The molecule has 54 valence electrons. The van der Waals surface area contributed by atoms with Gasteiger partial charge in [-0.25, -0.2) is 5.84 Å². The van der Waals surface area contributed by atoms with Crippen LogP contribution in [-0.4, -0.2) is 5.91 Å². The average molecular weight is 151 g/mol. The van der Waals surface area contributed by atoms with E-state index in [-0.39, 0.29) is 18.3 Å². The Bertz CT molecular complexity index is 103. The van der Waals surface area contributed by atoms with E-state index < -0.39 is 0 Å². The van der Waals surface area contributed by atoms with Gasteiger partial charge in [0.25, 0.3) is 5.91 Å². The molecule has 4 heteroatoms. The van der Waals surface area contributed by atoms with Crippen molar-refractivity contribution in [2.45, 2.75) is 13.3 Å². The van der Waals surface area contributed by atoms with Crippen molar-refractivity contribution >= 4 is 18.3 Å². The van der Waals surface area contributed by atoms with Gasteiger partial charge in [0.1, 0.15) is 0 Å². The summed E-state index contributed by atoms with van der Waals surface area (Å²) in [4.78, 5) is 10.2. The van der Waals surface area contributed by atoms with Crippen molar-refractivity contribution in [2.24, 2.45) is 5.84 Å². The molecule has 3 N–H and O–H groups in total. The van der Waals surface area contributed by atoms with Crippen LogP contribution < -0.4 is 11.3 Å². The summed E-state index contributed by atoms with van der Waals surface area (Å²) >= 11 is 0. The molecule has 0 saturated heterocycles. The number of carbonyl (C=O) groups excluding carboxylic acids is 1. The zero-order valence-electron chi connectivity index (χ0n) is 5.26. The Labute approximate surface area is 60.7 Å². The number of hydrogen-bond acceptors (Lipinski definition) is 2. The Kier molecular flexibility index (Phi) is 9.35. The van der Waals surface area contributed by atoms with Crippen LogP contribution in [0.5, 0.6) is 0 Å². The lowest BCUT2D eigenvalue weighted by Crippen LogP contribution is -2.27. The van der Waals surface area contributed by atoms with Crippen molar-refractivity contribution in [1.82, 2.24) is 5.43 Å². The Hall–Kier alpha value is -0.540. The van der Waals surface area contributed by atoms with E-state index in [1.807, 2.05) is 12.3 Å². The van der Waals surface area contributed by atoms with Gasteiger partial charge >= 0.3 is 0 Å². The molecular weight excluding hydrogens is 140 g/mol. The van der Waals surface area contributed by atoms with Crippen LogP contribution >= 0.6 is 12.4 Å². The summed E-state index contributed by atoms with van der Waals surface area (Å²) < 4.78 is 0. The summed E-state index contributed by atoms with van der Waals surface area (Å²) in [6.45, 7) is 1.94. The fraction of sp³-hybridized carbons (Fsp3) is 0.400. The summed E-state index contributed by atoms with van der Waals surface area (Å²) in [6.07, 6.45) is 4.00. The normalized spacial score (nSPS) is 8.67. The quantitative estimate of drug-likeness (QED) is 0.259. The van der Waals surface area contributed by atoms with Crippen molar-refractivity contribution in [3.63, 3.8) is 0 Å². The number of rotatable bonds is 2. The fourth-order valence-corrected chi connectivity index (χ4v) is 0.273. The lowest BCUT2D eigenvalue weighted by Gasteiger charge is -1.86. The molecule has 0 aliphatic heterocycles. The van der Waals surface area contributed by atoms with Crippen LogP contribution in [0.15, 0.2) is 12.2 Å². The van der Waals surface area contributed by atoms with Gasteiger partial charge < -0.3 is 0 Å². The zero-order valence-corrected chi connectivity index (χ0v) is 6.07. The molecule has 1 amide bonds. The van der Waals surface area contributed by atoms with Gasteiger partial charge in [0, 0.05) is 6.08 Å². The lowest BCUT2D eigenvalue weighted by molar-refractivity contribution is -0.116. The van der Waals surface area contributed by atoms with E-state index in [0.717, 1.165) is 6.42 Å². The monoisotopic (exact) mass is 150 g/mol. The highest BCUT2D eigenvalue weighted by molar-refractivity contribution is 5.86. The highest BCUT2D eigenvalue weighted by Gasteiger charge is 1.83. The van der Waals surface area contributed by atoms with Crippen LogP contribution in [0.25, 0.3) is 0 Å². The van der Waals surface area contributed by atoms with E-state index in [2.05, 4.69) is 0 Å². The SMILES string of the molecule is CC/C=C/C(=O)NN.Cl. The lowest BCUT2D eigenvalue weighted by atomic mass is 10.4. The van der Waals surface area contributed by atoms with Crippen LogP contribution in [0.2, 0.25) is 0 Å². The van der Waals surface area contributed by atoms with Crippen molar-refractivity contribution in [2.75, 3.05) is 0 Å². The molecule has 0 aromatic heterocycles. The highest BCUT2D eigenvalue weighted by atomic mass is 35.5. The first-order chi connectivity index (χ1) is 3.81. The first kappa shape index (κ1) is 11.3. The first-order valence-corrected chi connectivity index (χ1v) is 2.48. The van der Waals surface area contributed by atoms with Crippen molar-refractivity contribution in [3.05, 3.63) is 12.2 Å². The van der Waals surface area contributed by atoms with Gasteiger partial charge in [-0.3, -0.25) is 10.2 Å². The Morgan fingerprint density at radius 1 is 1.78 bits per heavy atom. The van der Waals surface area contributed by atoms with Gasteiger partial charge in [-0.15, -0.1) is 12.4 Å². The minimum atomic E-state index is -0.258. The van der Waals surface area contributed by atoms with Gasteiger partial charge in [0.2, 0.25) is 0 Å². The third-order valence-electron chi connectivity index (χ3n) is 0.647. The number of nitrogens with one attached hydrogen (secondary N) is 1. The van der Waals surface area contributed by atoms with E-state index in [9.17, 15) is 4.79 Å². The maximum atomic E-state index is 10.2. The number of hydrazine groups is 1. The van der Waals surface area contributed by atoms with E-state index in [4.69, 9.17) is 5.84 Å². The first-order valence-electron chi connectivity index (χ1n) is 2.48. The second-order valence-electron chi connectivity index (χ2n) is 1.32. The van der Waals surface area contributed by atoms with E-state index in [1.165, 1.54) is 6.08 Å². The second kappa shape index (κ2) is 7.46. The van der Waals surface area contributed by atoms with Crippen LogP contribution in [0.3, 0.4) is 0 Å². The predicted molar refractivity (Wildman–Crippen MR) is 39.0 cm³/mol. The van der Waals surface area contributed by atoms with Crippen LogP contribution in [0.4, 0.5) is 0 Å². The molecule has 0 radical (unpaired) electrons. The molecule has 0 aromatic rings. The van der Waals surface area contributed by atoms with Crippen molar-refractivity contribution < 1.29 is 4.79 Å². The van der Waals surface area contributed by atoms with E-state index >= 15 is 0 Å². The Balaban J connectivity index is 0. The van der Waals surface area contributed by atoms with Crippen molar-refractivity contribution in [1.29, 1.82) is 0 Å². The summed E-state index contributed by atoms with van der Waals surface area (Å²) in [5.41, 5.74) is 1.97. The molecule has 0 bridgehead atoms. The minimum absolute atomic E-state index is 0. The molecular formula is C5H11ClN2O. The summed E-state index contributed by atoms with van der Waals surface area (Å²) in [5, 5.41) is 0. The molecule has 0 fully saturated rings. The topological polar surface area (TPSA) is 55.1 Å². The largest absolute Gasteiger partial charge is 0.291 e. The second-order valence-corrected chi connectivity index (χ2v) is 1.32. The number of hydrogen-bond donors (Lipinski definition) is 2. The van der Waals surface area contributed by atoms with Gasteiger partial charge in [-0.1, -0.05) is 13.0 Å². The van der Waals surface area contributed by atoms with Crippen LogP contribution in [-0.2, 0) is 4.79 Å². The maximum absolute atomic E-state index is 10.2. The maximum Gasteiger partial charge on any atom is 0.257 e. The fourth-order valence-electron chi connectivity index (χ4n) is 0.273. The van der Waals surface area contributed by atoms with Gasteiger partial charge in [-0.05, 0) is 6.42 Å². The molecule has 0 saturated carbocycles. The predicted octanol–water partition coefficient (Wildman–Crippen LogP) is 0.364. The number of carbonyl (C=O) groups is 1. The third-order valence-corrected chi connectivity index (χ3v) is 0.647. The van der Waals surface area contributed by atoms with Crippen LogP contribution in [0, 0.1) is 0 Å². The molecule has 0 spiro atoms. The smallest absolute Gasteiger partial charge is 0.257 e. The summed E-state index contributed by atoms with van der Waals surface area (Å²) in [7, 11) is 0. The molecule has 0 aliphatic carbocycles. The molecule has 0 aliphatic rings. The third kappa shape index (κ3) is 7.46. The summed E-state index contributed by atoms with van der Waals surface area (Å²) in [5.74, 6) is 4.50. The average Bonchev–Trinajstić information content (AvgIpc) is 1.83. The number of halogens is 1. The van der Waals surface area contributed by atoms with Crippen LogP contribution in [0.1, 0.15) is 13.3 Å². The molecule has 0 aromatic carbocycles. The number of allylic oxidation sites excluding steroid dienone is 1. The van der Waals surface area contributed by atoms with Gasteiger partial charge in [0.15, 0.2) is 0 Å². The molecule has 3 nitrogen and oxygen atoms in total. The molecule has 0 heterocycles. The number of amides is 1. The Morgan fingerprint density at radius 2 is 2.33 bits per heavy atom. The molecule has 0 unspecified atom stereocenters. The zero-order chi connectivity index (χ0) is 6.41.